The number of nitrogens with zero attached hydrogens (tertiary/aromatic N) is 2. The van der Waals surface area contributed by atoms with Crippen molar-refractivity contribution in [3.8, 4) is 0 Å². The second-order valence-corrected chi connectivity index (χ2v) is 6.19. The lowest BCUT2D eigenvalue weighted by molar-refractivity contribution is 0.0701. The molecule has 0 saturated heterocycles. The Morgan fingerprint density at radius 1 is 1.52 bits per heavy atom. The smallest absolute Gasteiger partial charge is 0.347 e. The Kier molecular flexibility index (Phi) is 4.85. The average molecular weight is 325 g/mol. The number of hydrogen-bond donors (Lipinski definition) is 1. The average Bonchev–Trinajstić information content (AvgIpc) is 2.90. The first-order valence-electron chi connectivity index (χ1n) is 6.65. The summed E-state index contributed by atoms with van der Waals surface area (Å²) in [4.78, 5) is 18.0. The van der Waals surface area contributed by atoms with Gasteiger partial charge in [0.2, 0.25) is 0 Å². The normalized spacial score (nSPS) is 12.2. The van der Waals surface area contributed by atoms with Crippen molar-refractivity contribution in [3.05, 3.63) is 45.4 Å². The van der Waals surface area contributed by atoms with Crippen molar-refractivity contribution in [2.75, 3.05) is 11.9 Å². The largest absolute Gasteiger partial charge is 0.477 e. The molecule has 4 nitrogen and oxygen atoms in total. The number of carboxylic acids is 1. The van der Waals surface area contributed by atoms with Gasteiger partial charge in [-0.25, -0.2) is 9.78 Å². The third-order valence-electron chi connectivity index (χ3n) is 3.43. The summed E-state index contributed by atoms with van der Waals surface area (Å²) in [7, 11) is 1.91. The molecule has 0 saturated carbocycles. The highest BCUT2D eigenvalue weighted by Gasteiger charge is 2.21. The van der Waals surface area contributed by atoms with Crippen LogP contribution in [0.5, 0.6) is 0 Å². The van der Waals surface area contributed by atoms with Crippen molar-refractivity contribution in [1.29, 1.82) is 0 Å². The van der Waals surface area contributed by atoms with Crippen LogP contribution in [0.4, 0.5) is 5.13 Å². The maximum absolute atomic E-state index is 11.2. The molecule has 1 aromatic carbocycles. The zero-order chi connectivity index (χ0) is 15.6. The molecule has 0 fully saturated rings. The summed E-state index contributed by atoms with van der Waals surface area (Å²) in [6.45, 7) is 3.95. The quantitative estimate of drug-likeness (QED) is 0.893. The Bertz CT molecular complexity index is 657. The van der Waals surface area contributed by atoms with Crippen LogP contribution in [0.3, 0.4) is 0 Å². The molecule has 0 aliphatic heterocycles. The SMILES string of the molecule is CCc1nc(N(C)C(C)c2cccc(Cl)c2)sc1C(=O)O. The molecule has 1 aromatic heterocycles. The topological polar surface area (TPSA) is 53.4 Å². The van der Waals surface area contributed by atoms with Crippen molar-refractivity contribution in [3.63, 3.8) is 0 Å². The zero-order valence-electron chi connectivity index (χ0n) is 12.1. The fourth-order valence-corrected chi connectivity index (χ4v) is 3.29. The molecular weight excluding hydrogens is 308 g/mol. The molecule has 0 spiro atoms. The van der Waals surface area contributed by atoms with E-state index in [1.807, 2.05) is 50.1 Å². The Labute approximate surface area is 133 Å². The molecule has 1 N–H and O–H groups in total. The summed E-state index contributed by atoms with van der Waals surface area (Å²) < 4.78 is 0. The van der Waals surface area contributed by atoms with E-state index in [2.05, 4.69) is 4.98 Å². The number of carbonyl (C=O) groups is 1. The van der Waals surface area contributed by atoms with Gasteiger partial charge in [-0.05, 0) is 31.0 Å². The molecular formula is C15H17ClN2O2S. The van der Waals surface area contributed by atoms with E-state index < -0.39 is 5.97 Å². The number of rotatable bonds is 5. The van der Waals surface area contributed by atoms with Crippen LogP contribution >= 0.6 is 22.9 Å². The molecule has 1 unspecified atom stereocenters. The van der Waals surface area contributed by atoms with Crippen molar-refractivity contribution < 1.29 is 9.90 Å². The Morgan fingerprint density at radius 3 is 2.76 bits per heavy atom. The molecule has 0 aliphatic rings. The molecule has 112 valence electrons. The third-order valence-corrected chi connectivity index (χ3v) is 4.84. The predicted octanol–water partition coefficient (Wildman–Crippen LogP) is 4.25. The number of aromatic nitrogens is 1. The number of anilines is 1. The van der Waals surface area contributed by atoms with Gasteiger partial charge in [0.1, 0.15) is 4.88 Å². The second kappa shape index (κ2) is 6.45. The summed E-state index contributed by atoms with van der Waals surface area (Å²) >= 11 is 7.23. The van der Waals surface area contributed by atoms with Gasteiger partial charge in [-0.3, -0.25) is 0 Å². The van der Waals surface area contributed by atoms with E-state index in [1.165, 1.54) is 11.3 Å². The van der Waals surface area contributed by atoms with Crippen molar-refractivity contribution >= 4 is 34.0 Å². The molecule has 2 rings (SSSR count). The molecule has 6 heteroatoms. The van der Waals surface area contributed by atoms with Crippen LogP contribution in [0.15, 0.2) is 24.3 Å². The second-order valence-electron chi connectivity index (χ2n) is 4.77. The predicted molar refractivity (Wildman–Crippen MR) is 86.7 cm³/mol. The van der Waals surface area contributed by atoms with Gasteiger partial charge < -0.3 is 10.0 Å². The van der Waals surface area contributed by atoms with Gasteiger partial charge in [0.05, 0.1) is 11.7 Å². The van der Waals surface area contributed by atoms with Crippen LogP contribution in [0.25, 0.3) is 0 Å². The first-order chi connectivity index (χ1) is 9.93. The number of thiazole rings is 1. The van der Waals surface area contributed by atoms with Gasteiger partial charge in [-0.15, -0.1) is 0 Å². The minimum Gasteiger partial charge on any atom is -0.477 e. The lowest BCUT2D eigenvalue weighted by atomic mass is 10.1. The van der Waals surface area contributed by atoms with Crippen molar-refractivity contribution in [1.82, 2.24) is 4.98 Å². The highest BCUT2D eigenvalue weighted by atomic mass is 35.5. The van der Waals surface area contributed by atoms with Crippen LogP contribution in [0.1, 0.15) is 40.8 Å². The molecule has 0 amide bonds. The van der Waals surface area contributed by atoms with Gasteiger partial charge in [0.15, 0.2) is 5.13 Å². The molecule has 0 bridgehead atoms. The van der Waals surface area contributed by atoms with Crippen LogP contribution in [-0.4, -0.2) is 23.1 Å². The number of benzene rings is 1. The third kappa shape index (κ3) is 3.36. The monoisotopic (exact) mass is 324 g/mol. The minimum atomic E-state index is -0.917. The Morgan fingerprint density at radius 2 is 2.24 bits per heavy atom. The highest BCUT2D eigenvalue weighted by Crippen LogP contribution is 2.32. The number of hydrogen-bond acceptors (Lipinski definition) is 4. The van der Waals surface area contributed by atoms with E-state index in [9.17, 15) is 9.90 Å². The van der Waals surface area contributed by atoms with E-state index in [4.69, 9.17) is 11.6 Å². The first-order valence-corrected chi connectivity index (χ1v) is 7.84. The van der Waals surface area contributed by atoms with E-state index in [0.717, 1.165) is 5.56 Å². The van der Waals surface area contributed by atoms with Crippen LogP contribution in [0.2, 0.25) is 5.02 Å². The van der Waals surface area contributed by atoms with Gasteiger partial charge >= 0.3 is 5.97 Å². The van der Waals surface area contributed by atoms with Gasteiger partial charge in [0.25, 0.3) is 0 Å². The summed E-state index contributed by atoms with van der Waals surface area (Å²) in [6.07, 6.45) is 0.609. The summed E-state index contributed by atoms with van der Waals surface area (Å²) in [5.41, 5.74) is 1.70. The number of aromatic carboxylic acids is 1. The summed E-state index contributed by atoms with van der Waals surface area (Å²) in [5, 5.41) is 10.6. The maximum Gasteiger partial charge on any atom is 0.347 e. The Balaban J connectivity index is 2.31. The van der Waals surface area contributed by atoms with Crippen LogP contribution in [-0.2, 0) is 6.42 Å². The molecule has 0 aliphatic carbocycles. The maximum atomic E-state index is 11.2. The molecule has 1 heterocycles. The van der Waals surface area contributed by atoms with Crippen LogP contribution in [0, 0.1) is 0 Å². The van der Waals surface area contributed by atoms with Gasteiger partial charge in [-0.2, -0.15) is 0 Å². The number of carboxylic acid groups (broad SMARTS) is 1. The van der Waals surface area contributed by atoms with Gasteiger partial charge in [-0.1, -0.05) is 42.0 Å². The fraction of sp³-hybridized carbons (Fsp3) is 0.333. The van der Waals surface area contributed by atoms with Crippen molar-refractivity contribution in [2.24, 2.45) is 0 Å². The lowest BCUT2D eigenvalue weighted by Gasteiger charge is -2.24. The van der Waals surface area contributed by atoms with Gasteiger partial charge in [0, 0.05) is 12.1 Å². The number of halogens is 1. The summed E-state index contributed by atoms with van der Waals surface area (Å²) in [5.74, 6) is -0.917. The zero-order valence-corrected chi connectivity index (χ0v) is 13.7. The summed E-state index contributed by atoms with van der Waals surface area (Å²) in [6, 6.07) is 7.71. The molecule has 21 heavy (non-hydrogen) atoms. The van der Waals surface area contributed by atoms with E-state index in [1.54, 1.807) is 0 Å². The van der Waals surface area contributed by atoms with E-state index in [0.29, 0.717) is 27.1 Å². The Hall–Kier alpha value is -1.59. The highest BCUT2D eigenvalue weighted by molar-refractivity contribution is 7.17. The standard InChI is InChI=1S/C15H17ClN2O2S/c1-4-12-13(14(19)20)21-15(17-12)18(3)9(2)10-6-5-7-11(16)8-10/h5-9H,4H2,1-3H3,(H,19,20). The lowest BCUT2D eigenvalue weighted by Crippen LogP contribution is -2.21. The van der Waals surface area contributed by atoms with E-state index >= 15 is 0 Å². The number of aryl methyl sites for hydroxylation is 1. The molecule has 0 radical (unpaired) electrons. The minimum absolute atomic E-state index is 0.0567. The van der Waals surface area contributed by atoms with Crippen molar-refractivity contribution in [2.45, 2.75) is 26.3 Å². The molecule has 1 atom stereocenters. The first kappa shape index (κ1) is 15.8. The fourth-order valence-electron chi connectivity index (χ4n) is 2.05. The van der Waals surface area contributed by atoms with E-state index in [-0.39, 0.29) is 6.04 Å². The van der Waals surface area contributed by atoms with Crippen LogP contribution < -0.4 is 4.90 Å². The molecule has 2 aromatic rings.